The van der Waals surface area contributed by atoms with Crippen LogP contribution < -0.4 is 0 Å². The van der Waals surface area contributed by atoms with Crippen molar-refractivity contribution in [1.82, 2.24) is 0 Å². The third kappa shape index (κ3) is 2.08. The molecule has 1 aromatic carbocycles. The zero-order chi connectivity index (χ0) is 10.6. The minimum Gasteiger partial charge on any atom is -0.385 e. The van der Waals surface area contributed by atoms with E-state index in [2.05, 4.69) is 0 Å². The van der Waals surface area contributed by atoms with E-state index in [1.807, 2.05) is 6.07 Å². The lowest BCUT2D eigenvalue weighted by atomic mass is 10.0. The molecule has 0 amide bonds. The molecule has 4 heteroatoms. The van der Waals surface area contributed by atoms with E-state index in [0.29, 0.717) is 11.1 Å². The molecule has 2 unspecified atom stereocenters. The van der Waals surface area contributed by atoms with Crippen LogP contribution in [0.5, 0.6) is 0 Å². The molecule has 4 nitrogen and oxygen atoms in total. The monoisotopic (exact) mass is 188 g/mol. The summed E-state index contributed by atoms with van der Waals surface area (Å²) < 4.78 is 0. The summed E-state index contributed by atoms with van der Waals surface area (Å²) in [7, 11) is 0. The Morgan fingerprint density at radius 2 is 1.93 bits per heavy atom. The van der Waals surface area contributed by atoms with Crippen molar-refractivity contribution in [2.45, 2.75) is 12.2 Å². The summed E-state index contributed by atoms with van der Waals surface area (Å²) in [6, 6.07) is 9.57. The highest BCUT2D eigenvalue weighted by atomic mass is 16.3. The van der Waals surface area contributed by atoms with Crippen molar-refractivity contribution in [3.63, 3.8) is 0 Å². The van der Waals surface area contributed by atoms with Crippen LogP contribution in [0.4, 0.5) is 0 Å². The van der Waals surface area contributed by atoms with Crippen LogP contribution in [0.2, 0.25) is 0 Å². The van der Waals surface area contributed by atoms with Crippen molar-refractivity contribution in [2.24, 2.45) is 0 Å². The smallest absolute Gasteiger partial charge is 0.170 e. The zero-order valence-corrected chi connectivity index (χ0v) is 7.25. The third-order valence-corrected chi connectivity index (χ3v) is 1.79. The van der Waals surface area contributed by atoms with Gasteiger partial charge in [-0.15, -0.1) is 0 Å². The van der Waals surface area contributed by atoms with E-state index in [-0.39, 0.29) is 0 Å². The highest BCUT2D eigenvalue weighted by Crippen LogP contribution is 2.17. The Kier molecular flexibility index (Phi) is 3.19. The molecule has 0 aliphatic carbocycles. The van der Waals surface area contributed by atoms with Crippen LogP contribution >= 0.6 is 0 Å². The van der Waals surface area contributed by atoms with Crippen LogP contribution in [0.25, 0.3) is 0 Å². The van der Waals surface area contributed by atoms with Crippen LogP contribution in [-0.4, -0.2) is 16.3 Å². The largest absolute Gasteiger partial charge is 0.385 e. The fraction of sp³-hybridized carbons (Fsp3) is 0.200. The molecule has 0 saturated heterocycles. The highest BCUT2D eigenvalue weighted by Gasteiger charge is 2.17. The van der Waals surface area contributed by atoms with Gasteiger partial charge in [0.1, 0.15) is 6.10 Å². The maximum atomic E-state index is 9.43. The second kappa shape index (κ2) is 4.38. The Hall–Kier alpha value is -1.88. The molecular formula is C10H8N2O2. The Morgan fingerprint density at radius 1 is 1.21 bits per heavy atom. The number of benzene rings is 1. The molecule has 0 aliphatic rings. The summed E-state index contributed by atoms with van der Waals surface area (Å²) in [6.45, 7) is 0. The first-order chi connectivity index (χ1) is 6.69. The van der Waals surface area contributed by atoms with Crippen molar-refractivity contribution < 1.29 is 10.2 Å². The molecule has 0 heterocycles. The van der Waals surface area contributed by atoms with Gasteiger partial charge in [-0.05, 0) is 17.7 Å². The van der Waals surface area contributed by atoms with E-state index >= 15 is 0 Å². The van der Waals surface area contributed by atoms with E-state index in [4.69, 9.17) is 15.6 Å². The van der Waals surface area contributed by atoms with Crippen molar-refractivity contribution >= 4 is 0 Å². The second-order valence-corrected chi connectivity index (χ2v) is 2.76. The van der Waals surface area contributed by atoms with Gasteiger partial charge in [-0.2, -0.15) is 10.5 Å². The average molecular weight is 188 g/mol. The van der Waals surface area contributed by atoms with Gasteiger partial charge < -0.3 is 10.2 Å². The zero-order valence-electron chi connectivity index (χ0n) is 7.25. The fourth-order valence-electron chi connectivity index (χ4n) is 1.05. The van der Waals surface area contributed by atoms with Gasteiger partial charge in [0.2, 0.25) is 0 Å². The molecular weight excluding hydrogens is 180 g/mol. The molecule has 0 aliphatic heterocycles. The molecule has 0 spiro atoms. The van der Waals surface area contributed by atoms with Crippen molar-refractivity contribution in [3.8, 4) is 12.1 Å². The maximum absolute atomic E-state index is 9.43. The van der Waals surface area contributed by atoms with Gasteiger partial charge in [-0.3, -0.25) is 0 Å². The molecule has 0 bridgehead atoms. The predicted octanol–water partition coefficient (Wildman–Crippen LogP) is 0.476. The van der Waals surface area contributed by atoms with Gasteiger partial charge in [0.25, 0.3) is 0 Å². The standard InChI is InChI=1S/C10H8N2O2/c11-5-7-2-1-3-8(4-7)10(14)9(13)6-12/h1-4,9-10,13-14H. The summed E-state index contributed by atoms with van der Waals surface area (Å²) in [5, 5.41) is 35.4. The van der Waals surface area contributed by atoms with Crippen molar-refractivity contribution in [1.29, 1.82) is 10.5 Å². The number of hydrogen-bond donors (Lipinski definition) is 2. The van der Waals surface area contributed by atoms with E-state index in [1.54, 1.807) is 18.2 Å². The lowest BCUT2D eigenvalue weighted by Crippen LogP contribution is -2.15. The Morgan fingerprint density at radius 3 is 2.50 bits per heavy atom. The Labute approximate surface area is 81.3 Å². The third-order valence-electron chi connectivity index (χ3n) is 1.79. The van der Waals surface area contributed by atoms with Gasteiger partial charge >= 0.3 is 0 Å². The van der Waals surface area contributed by atoms with Gasteiger partial charge in [0.05, 0.1) is 17.7 Å². The number of aliphatic hydroxyl groups excluding tert-OH is 2. The topological polar surface area (TPSA) is 88.0 Å². The minimum absolute atomic E-state index is 0.359. The summed E-state index contributed by atoms with van der Waals surface area (Å²) in [5.41, 5.74) is 0.741. The number of hydrogen-bond acceptors (Lipinski definition) is 4. The number of nitriles is 2. The second-order valence-electron chi connectivity index (χ2n) is 2.76. The summed E-state index contributed by atoms with van der Waals surface area (Å²) >= 11 is 0. The molecule has 0 aromatic heterocycles. The van der Waals surface area contributed by atoms with Gasteiger partial charge in [0.15, 0.2) is 6.10 Å². The number of nitrogens with zero attached hydrogens (tertiary/aromatic N) is 2. The Bertz CT molecular complexity index is 403. The van der Waals surface area contributed by atoms with Crippen LogP contribution in [0.1, 0.15) is 17.2 Å². The van der Waals surface area contributed by atoms with E-state index in [9.17, 15) is 5.11 Å². The molecule has 0 saturated carbocycles. The first kappa shape index (κ1) is 10.2. The SMILES string of the molecule is N#Cc1cccc(C(O)C(O)C#N)c1. The number of aliphatic hydroxyl groups is 2. The molecule has 1 aromatic rings. The quantitative estimate of drug-likeness (QED) is 0.660. The normalized spacial score (nSPS) is 13.7. The van der Waals surface area contributed by atoms with E-state index in [0.717, 1.165) is 0 Å². The highest BCUT2D eigenvalue weighted by molar-refractivity contribution is 5.34. The van der Waals surface area contributed by atoms with Gasteiger partial charge in [-0.1, -0.05) is 12.1 Å². The lowest BCUT2D eigenvalue weighted by molar-refractivity contribution is 0.0528. The summed E-state index contributed by atoms with van der Waals surface area (Å²) in [5.74, 6) is 0. The molecule has 14 heavy (non-hydrogen) atoms. The summed E-state index contributed by atoms with van der Waals surface area (Å²) in [6.07, 6.45) is -2.74. The molecule has 0 radical (unpaired) electrons. The fourth-order valence-corrected chi connectivity index (χ4v) is 1.05. The molecule has 2 N–H and O–H groups in total. The molecule has 2 atom stereocenters. The number of rotatable bonds is 2. The van der Waals surface area contributed by atoms with Crippen molar-refractivity contribution in [2.75, 3.05) is 0 Å². The molecule has 1 rings (SSSR count). The van der Waals surface area contributed by atoms with Gasteiger partial charge in [-0.25, -0.2) is 0 Å². The molecule has 70 valence electrons. The van der Waals surface area contributed by atoms with Crippen LogP contribution in [-0.2, 0) is 0 Å². The minimum atomic E-state index is -1.47. The van der Waals surface area contributed by atoms with Gasteiger partial charge in [0, 0.05) is 0 Å². The van der Waals surface area contributed by atoms with Crippen LogP contribution in [0.15, 0.2) is 24.3 Å². The lowest BCUT2D eigenvalue weighted by Gasteiger charge is -2.11. The first-order valence-corrected chi connectivity index (χ1v) is 3.95. The van der Waals surface area contributed by atoms with Crippen LogP contribution in [0, 0.1) is 22.7 Å². The average Bonchev–Trinajstić information content (AvgIpc) is 2.27. The van der Waals surface area contributed by atoms with Crippen molar-refractivity contribution in [3.05, 3.63) is 35.4 Å². The van der Waals surface area contributed by atoms with E-state index < -0.39 is 12.2 Å². The Balaban J connectivity index is 2.98. The first-order valence-electron chi connectivity index (χ1n) is 3.95. The summed E-state index contributed by atoms with van der Waals surface area (Å²) in [4.78, 5) is 0. The predicted molar refractivity (Wildman–Crippen MR) is 47.7 cm³/mol. The molecule has 0 fully saturated rings. The maximum Gasteiger partial charge on any atom is 0.170 e. The van der Waals surface area contributed by atoms with E-state index in [1.165, 1.54) is 12.1 Å². The van der Waals surface area contributed by atoms with Crippen LogP contribution in [0.3, 0.4) is 0 Å².